The molecule has 1 atom stereocenters. The van der Waals surface area contributed by atoms with E-state index in [9.17, 15) is 8.42 Å². The summed E-state index contributed by atoms with van der Waals surface area (Å²) >= 11 is 0. The van der Waals surface area contributed by atoms with E-state index >= 15 is 0 Å². The highest BCUT2D eigenvalue weighted by Crippen LogP contribution is 2.11. The SMILES string of the molecule is CCCCCCCCN=C(N)NCCS(=O)(=O)NCC1CCCCO1.I. The van der Waals surface area contributed by atoms with Gasteiger partial charge in [0, 0.05) is 26.2 Å². The Hall–Kier alpha value is -0.130. The summed E-state index contributed by atoms with van der Waals surface area (Å²) in [6.45, 7) is 4.22. The van der Waals surface area contributed by atoms with Crippen LogP contribution in [0.3, 0.4) is 0 Å². The van der Waals surface area contributed by atoms with Gasteiger partial charge >= 0.3 is 0 Å². The standard InChI is InChI=1S/C17H36N4O3S.HI/c1-2-3-4-5-6-8-11-19-17(18)20-12-14-25(22,23)21-15-16-10-7-9-13-24-16;/h16,21H,2-15H2,1H3,(H3,18,19,20);1H. The Bertz CT molecular complexity index is 469. The number of unbranched alkanes of at least 4 members (excludes halogenated alkanes) is 5. The van der Waals surface area contributed by atoms with Crippen LogP contribution in [-0.2, 0) is 14.8 Å². The average Bonchev–Trinajstić information content (AvgIpc) is 2.60. The molecule has 1 aliphatic rings. The van der Waals surface area contributed by atoms with E-state index in [1.807, 2.05) is 0 Å². The molecule has 1 aliphatic heterocycles. The summed E-state index contributed by atoms with van der Waals surface area (Å²) in [5.74, 6) is 0.298. The van der Waals surface area contributed by atoms with Gasteiger partial charge in [0.25, 0.3) is 0 Å². The third kappa shape index (κ3) is 14.0. The van der Waals surface area contributed by atoms with Gasteiger partial charge in [-0.1, -0.05) is 39.0 Å². The van der Waals surface area contributed by atoms with Gasteiger partial charge in [-0.25, -0.2) is 13.1 Å². The molecule has 156 valence electrons. The van der Waals surface area contributed by atoms with Crippen LogP contribution in [-0.4, -0.2) is 52.5 Å². The van der Waals surface area contributed by atoms with Crippen molar-refractivity contribution in [3.8, 4) is 0 Å². The fourth-order valence-electron chi connectivity index (χ4n) is 2.72. The molecule has 0 saturated carbocycles. The van der Waals surface area contributed by atoms with E-state index in [0.717, 1.165) is 38.7 Å². The van der Waals surface area contributed by atoms with Crippen molar-refractivity contribution in [1.29, 1.82) is 0 Å². The van der Waals surface area contributed by atoms with Gasteiger partial charge in [0.2, 0.25) is 10.0 Å². The predicted octanol–water partition coefficient (Wildman–Crippen LogP) is 2.36. The maximum absolute atomic E-state index is 12.0. The molecule has 0 aromatic rings. The number of rotatable bonds is 13. The number of sulfonamides is 1. The Labute approximate surface area is 176 Å². The normalized spacial score (nSPS) is 18.3. The van der Waals surface area contributed by atoms with Crippen molar-refractivity contribution in [2.45, 2.75) is 70.8 Å². The van der Waals surface area contributed by atoms with Gasteiger partial charge in [-0.05, 0) is 25.7 Å². The number of ether oxygens (including phenoxy) is 1. The highest BCUT2D eigenvalue weighted by molar-refractivity contribution is 14.0. The molecular formula is C17H37IN4O3S. The summed E-state index contributed by atoms with van der Waals surface area (Å²) in [6.07, 6.45) is 10.3. The van der Waals surface area contributed by atoms with Crippen molar-refractivity contribution >= 4 is 40.0 Å². The molecule has 0 spiro atoms. The van der Waals surface area contributed by atoms with Gasteiger partial charge < -0.3 is 15.8 Å². The van der Waals surface area contributed by atoms with Crippen LogP contribution in [0.4, 0.5) is 0 Å². The number of nitrogens with zero attached hydrogens (tertiary/aromatic N) is 1. The fourth-order valence-corrected chi connectivity index (χ4v) is 3.68. The molecular weight excluding hydrogens is 467 g/mol. The van der Waals surface area contributed by atoms with E-state index in [4.69, 9.17) is 10.5 Å². The number of guanidine groups is 1. The number of hydrogen-bond acceptors (Lipinski definition) is 4. The van der Waals surface area contributed by atoms with Gasteiger partial charge in [-0.15, -0.1) is 24.0 Å². The lowest BCUT2D eigenvalue weighted by atomic mass is 10.1. The first kappa shape index (κ1) is 25.9. The molecule has 0 radical (unpaired) electrons. The number of halogens is 1. The van der Waals surface area contributed by atoms with E-state index in [0.29, 0.717) is 19.0 Å². The van der Waals surface area contributed by atoms with Gasteiger partial charge in [0.05, 0.1) is 11.9 Å². The lowest BCUT2D eigenvalue weighted by Crippen LogP contribution is -2.40. The van der Waals surface area contributed by atoms with Crippen molar-refractivity contribution in [3.05, 3.63) is 0 Å². The van der Waals surface area contributed by atoms with Crippen LogP contribution in [0.1, 0.15) is 64.7 Å². The maximum Gasteiger partial charge on any atom is 0.213 e. The van der Waals surface area contributed by atoms with E-state index in [1.165, 1.54) is 25.7 Å². The Balaban J connectivity index is 0.00000625. The summed E-state index contributed by atoms with van der Waals surface area (Å²) in [4.78, 5) is 4.23. The maximum atomic E-state index is 12.0. The molecule has 4 N–H and O–H groups in total. The van der Waals surface area contributed by atoms with Gasteiger partial charge in [0.15, 0.2) is 5.96 Å². The molecule has 1 saturated heterocycles. The van der Waals surface area contributed by atoms with E-state index in [1.54, 1.807) is 0 Å². The minimum Gasteiger partial charge on any atom is -0.377 e. The largest absolute Gasteiger partial charge is 0.377 e. The summed E-state index contributed by atoms with van der Waals surface area (Å²) in [5, 5.41) is 2.87. The van der Waals surface area contributed by atoms with Crippen LogP contribution in [0.5, 0.6) is 0 Å². The zero-order valence-corrected chi connectivity index (χ0v) is 19.2. The van der Waals surface area contributed by atoms with Gasteiger partial charge in [-0.2, -0.15) is 0 Å². The Kier molecular flexibility index (Phi) is 15.8. The van der Waals surface area contributed by atoms with Crippen LogP contribution < -0.4 is 15.8 Å². The van der Waals surface area contributed by atoms with Crippen LogP contribution >= 0.6 is 24.0 Å². The van der Waals surface area contributed by atoms with Gasteiger partial charge in [-0.3, -0.25) is 4.99 Å². The zero-order chi connectivity index (χ0) is 18.4. The fraction of sp³-hybridized carbons (Fsp3) is 0.941. The zero-order valence-electron chi connectivity index (χ0n) is 16.0. The third-order valence-electron chi connectivity index (χ3n) is 4.28. The second-order valence-electron chi connectivity index (χ2n) is 6.62. The number of nitrogens with one attached hydrogen (secondary N) is 2. The first-order chi connectivity index (χ1) is 12.0. The van der Waals surface area contributed by atoms with Crippen LogP contribution in [0.2, 0.25) is 0 Å². The first-order valence-corrected chi connectivity index (χ1v) is 11.3. The molecule has 0 aromatic carbocycles. The summed E-state index contributed by atoms with van der Waals surface area (Å²) in [7, 11) is -3.32. The number of hydrogen-bond donors (Lipinski definition) is 3. The first-order valence-electron chi connectivity index (χ1n) is 9.66. The molecule has 26 heavy (non-hydrogen) atoms. The quantitative estimate of drug-likeness (QED) is 0.155. The third-order valence-corrected chi connectivity index (χ3v) is 5.62. The molecule has 0 bridgehead atoms. The number of aliphatic imine (C=N–C) groups is 1. The minimum absolute atomic E-state index is 0. The molecule has 1 fully saturated rings. The second-order valence-corrected chi connectivity index (χ2v) is 8.54. The van der Waals surface area contributed by atoms with Crippen molar-refractivity contribution in [3.63, 3.8) is 0 Å². The minimum atomic E-state index is -3.32. The topological polar surface area (TPSA) is 106 Å². The van der Waals surface area contributed by atoms with E-state index < -0.39 is 10.0 Å². The van der Waals surface area contributed by atoms with E-state index in [2.05, 4.69) is 22.0 Å². The monoisotopic (exact) mass is 504 g/mol. The van der Waals surface area contributed by atoms with Crippen LogP contribution in [0.15, 0.2) is 4.99 Å². The van der Waals surface area contributed by atoms with E-state index in [-0.39, 0.29) is 42.4 Å². The number of nitrogens with two attached hydrogens (primary N) is 1. The molecule has 9 heteroatoms. The molecule has 0 amide bonds. The molecule has 1 rings (SSSR count). The van der Waals surface area contributed by atoms with Crippen molar-refractivity contribution < 1.29 is 13.2 Å². The Morgan fingerprint density at radius 1 is 1.19 bits per heavy atom. The highest BCUT2D eigenvalue weighted by atomic mass is 127. The summed E-state index contributed by atoms with van der Waals surface area (Å²) in [6, 6.07) is 0. The molecule has 1 heterocycles. The molecule has 0 aliphatic carbocycles. The molecule has 1 unspecified atom stereocenters. The van der Waals surface area contributed by atoms with Crippen LogP contribution in [0.25, 0.3) is 0 Å². The molecule has 0 aromatic heterocycles. The lowest BCUT2D eigenvalue weighted by molar-refractivity contribution is 0.0200. The van der Waals surface area contributed by atoms with Crippen LogP contribution in [0, 0.1) is 0 Å². The van der Waals surface area contributed by atoms with Gasteiger partial charge in [0.1, 0.15) is 0 Å². The smallest absolute Gasteiger partial charge is 0.213 e. The Morgan fingerprint density at radius 3 is 2.62 bits per heavy atom. The summed E-state index contributed by atoms with van der Waals surface area (Å²) in [5.41, 5.74) is 5.76. The van der Waals surface area contributed by atoms with Crippen molar-refractivity contribution in [2.24, 2.45) is 10.7 Å². The Morgan fingerprint density at radius 2 is 1.92 bits per heavy atom. The average molecular weight is 504 g/mol. The van der Waals surface area contributed by atoms with Crippen molar-refractivity contribution in [1.82, 2.24) is 10.0 Å². The predicted molar refractivity (Wildman–Crippen MR) is 119 cm³/mol. The van der Waals surface area contributed by atoms with Crippen molar-refractivity contribution in [2.75, 3.05) is 32.0 Å². The summed E-state index contributed by atoms with van der Waals surface area (Å²) < 4.78 is 32.0. The highest BCUT2D eigenvalue weighted by Gasteiger charge is 2.17. The lowest BCUT2D eigenvalue weighted by Gasteiger charge is -2.22. The molecule has 7 nitrogen and oxygen atoms in total. The second kappa shape index (κ2) is 15.9.